The maximum Gasteiger partial charge on any atom is 0.328 e. The zero-order valence-electron chi connectivity index (χ0n) is 18.7. The Morgan fingerprint density at radius 3 is 2.62 bits per heavy atom. The van der Waals surface area contributed by atoms with E-state index in [2.05, 4.69) is 15.1 Å². The van der Waals surface area contributed by atoms with Crippen LogP contribution in [0, 0.1) is 0 Å². The summed E-state index contributed by atoms with van der Waals surface area (Å²) in [5.74, 6) is -0.153. The zero-order chi connectivity index (χ0) is 22.2. The number of imide groups is 1. The molecule has 3 amide bonds. The van der Waals surface area contributed by atoms with E-state index in [1.807, 2.05) is 42.3 Å². The largest absolute Gasteiger partial charge is 0.379 e. The average molecular weight is 442 g/mol. The minimum absolute atomic E-state index is 0.153. The van der Waals surface area contributed by atoms with Crippen molar-refractivity contribution in [3.8, 4) is 0 Å². The van der Waals surface area contributed by atoms with Gasteiger partial charge in [-0.15, -0.1) is 0 Å². The summed E-state index contributed by atoms with van der Waals surface area (Å²) in [6.45, 7) is 7.86. The van der Waals surface area contributed by atoms with Crippen LogP contribution in [-0.4, -0.2) is 114 Å². The Hall–Kier alpha value is -2.53. The van der Waals surface area contributed by atoms with Crippen LogP contribution in [0.5, 0.6) is 0 Å². The molecule has 0 radical (unpaired) electrons. The third-order valence-electron chi connectivity index (χ3n) is 6.68. The van der Waals surface area contributed by atoms with Crippen LogP contribution < -0.4 is 5.32 Å². The molecule has 1 N–H and O–H groups in total. The number of amides is 3. The van der Waals surface area contributed by atoms with Crippen molar-refractivity contribution < 1.29 is 14.3 Å². The number of urea groups is 1. The number of benzene rings is 1. The van der Waals surface area contributed by atoms with Gasteiger partial charge in [0.15, 0.2) is 6.29 Å². The van der Waals surface area contributed by atoms with Crippen LogP contribution >= 0.6 is 0 Å². The van der Waals surface area contributed by atoms with Gasteiger partial charge in [0.25, 0.3) is 5.91 Å². The standard InChI is InChI=1S/C22H31N7O3/c1-16-14-27-18-19(23-21(27)29(24-16)9-8-26-10-12-32-13-11-26)25(2)22(31)28(20(18)30)15-17-6-4-3-5-7-17/h3-7,18-19,21,23H,8-15H2,1-2H3. The molecule has 3 saturated heterocycles. The van der Waals surface area contributed by atoms with Crippen molar-refractivity contribution in [2.45, 2.75) is 32.0 Å². The van der Waals surface area contributed by atoms with Crippen molar-refractivity contribution >= 4 is 17.6 Å². The summed E-state index contributed by atoms with van der Waals surface area (Å²) in [5, 5.41) is 10.3. The van der Waals surface area contributed by atoms with Crippen LogP contribution in [0.3, 0.4) is 0 Å². The van der Waals surface area contributed by atoms with Crippen molar-refractivity contribution in [1.82, 2.24) is 29.9 Å². The Morgan fingerprint density at radius 1 is 1.12 bits per heavy atom. The highest BCUT2D eigenvalue weighted by Gasteiger charge is 2.56. The first kappa shape index (κ1) is 21.3. The Bertz CT molecular complexity index is 889. The number of carbonyl (C=O) groups is 2. The molecule has 172 valence electrons. The first-order valence-electron chi connectivity index (χ1n) is 11.3. The lowest BCUT2D eigenvalue weighted by molar-refractivity contribution is -0.139. The van der Waals surface area contributed by atoms with E-state index >= 15 is 0 Å². The van der Waals surface area contributed by atoms with Gasteiger partial charge >= 0.3 is 6.03 Å². The van der Waals surface area contributed by atoms with E-state index < -0.39 is 6.04 Å². The minimum Gasteiger partial charge on any atom is -0.379 e. The van der Waals surface area contributed by atoms with Gasteiger partial charge in [-0.05, 0) is 12.5 Å². The fourth-order valence-electron chi connectivity index (χ4n) is 5.00. The Morgan fingerprint density at radius 2 is 1.88 bits per heavy atom. The normalized spacial score (nSPS) is 29.2. The summed E-state index contributed by atoms with van der Waals surface area (Å²) in [7, 11) is 1.77. The third kappa shape index (κ3) is 3.88. The Balaban J connectivity index is 1.34. The highest BCUT2D eigenvalue weighted by atomic mass is 16.5. The fourth-order valence-corrected chi connectivity index (χ4v) is 5.00. The first-order valence-corrected chi connectivity index (χ1v) is 11.3. The number of hydrogen-bond donors (Lipinski definition) is 1. The summed E-state index contributed by atoms with van der Waals surface area (Å²) < 4.78 is 5.45. The molecule has 3 fully saturated rings. The maximum absolute atomic E-state index is 13.6. The SMILES string of the molecule is CC1=NN(CCN2CCOCC2)C2NC3C(C(=O)N(Cc4ccccc4)C(=O)N3C)N2C1. The molecular formula is C22H31N7O3. The van der Waals surface area contributed by atoms with Gasteiger partial charge in [0, 0.05) is 38.9 Å². The topological polar surface area (TPSA) is 84.0 Å². The molecule has 5 rings (SSSR count). The van der Waals surface area contributed by atoms with Crippen molar-refractivity contribution in [2.24, 2.45) is 5.10 Å². The van der Waals surface area contributed by atoms with Gasteiger partial charge in [-0.1, -0.05) is 30.3 Å². The van der Waals surface area contributed by atoms with Crippen molar-refractivity contribution in [3.63, 3.8) is 0 Å². The van der Waals surface area contributed by atoms with E-state index in [9.17, 15) is 9.59 Å². The molecule has 4 heterocycles. The molecule has 3 atom stereocenters. The first-order chi connectivity index (χ1) is 15.5. The molecule has 3 unspecified atom stereocenters. The van der Waals surface area contributed by atoms with E-state index in [4.69, 9.17) is 9.84 Å². The molecule has 1 aromatic rings. The number of hydrazone groups is 1. The molecule has 0 saturated carbocycles. The van der Waals surface area contributed by atoms with E-state index in [1.165, 1.54) is 4.90 Å². The maximum atomic E-state index is 13.6. The number of carbonyl (C=O) groups excluding carboxylic acids is 2. The number of likely N-dealkylation sites (N-methyl/N-ethyl adjacent to an activating group) is 1. The van der Waals surface area contributed by atoms with E-state index in [-0.39, 0.29) is 30.9 Å². The number of morpholine rings is 1. The van der Waals surface area contributed by atoms with Crippen LogP contribution in [0.4, 0.5) is 4.79 Å². The number of ether oxygens (including phenoxy) is 1. The number of nitrogens with one attached hydrogen (secondary N) is 1. The summed E-state index contributed by atoms with van der Waals surface area (Å²) in [5.41, 5.74) is 1.90. The molecule has 1 aromatic carbocycles. The lowest BCUT2D eigenvalue weighted by Crippen LogP contribution is -2.66. The molecule has 4 aliphatic heterocycles. The Kier molecular flexibility index (Phi) is 5.85. The third-order valence-corrected chi connectivity index (χ3v) is 6.68. The molecule has 10 heteroatoms. The highest BCUT2D eigenvalue weighted by molar-refractivity contribution is 6.01. The molecule has 0 bridgehead atoms. The fraction of sp³-hybridized carbons (Fsp3) is 0.591. The van der Waals surface area contributed by atoms with Crippen molar-refractivity contribution in [2.75, 3.05) is 53.0 Å². The summed E-state index contributed by atoms with van der Waals surface area (Å²) in [6.07, 6.45) is -0.593. The van der Waals surface area contributed by atoms with Gasteiger partial charge in [0.05, 0.1) is 26.3 Å². The van der Waals surface area contributed by atoms with Crippen LogP contribution in [0.1, 0.15) is 12.5 Å². The number of hydrogen-bond acceptors (Lipinski definition) is 8. The summed E-state index contributed by atoms with van der Waals surface area (Å²) in [6, 6.07) is 8.93. The molecule has 0 aliphatic carbocycles. The van der Waals surface area contributed by atoms with E-state index in [0.29, 0.717) is 6.54 Å². The monoisotopic (exact) mass is 441 g/mol. The van der Waals surface area contributed by atoms with Crippen LogP contribution in [-0.2, 0) is 16.1 Å². The van der Waals surface area contributed by atoms with Gasteiger partial charge in [-0.2, -0.15) is 5.10 Å². The smallest absolute Gasteiger partial charge is 0.328 e. The van der Waals surface area contributed by atoms with Crippen LogP contribution in [0.15, 0.2) is 35.4 Å². The second-order valence-electron chi connectivity index (χ2n) is 8.86. The number of nitrogens with zero attached hydrogens (tertiary/aromatic N) is 6. The van der Waals surface area contributed by atoms with Crippen molar-refractivity contribution in [3.05, 3.63) is 35.9 Å². The van der Waals surface area contributed by atoms with Gasteiger partial charge in [-0.25, -0.2) is 9.69 Å². The molecule has 10 nitrogen and oxygen atoms in total. The lowest BCUT2D eigenvalue weighted by atomic mass is 10.1. The number of fused-ring (bicyclic) bond motifs is 3. The molecule has 0 spiro atoms. The van der Waals surface area contributed by atoms with E-state index in [0.717, 1.165) is 50.7 Å². The second-order valence-corrected chi connectivity index (χ2v) is 8.86. The predicted molar refractivity (Wildman–Crippen MR) is 118 cm³/mol. The van der Waals surface area contributed by atoms with Gasteiger partial charge < -0.3 is 9.64 Å². The Labute approximate surface area is 188 Å². The van der Waals surface area contributed by atoms with E-state index in [1.54, 1.807) is 11.9 Å². The average Bonchev–Trinajstić information content (AvgIpc) is 3.20. The lowest BCUT2D eigenvalue weighted by Gasteiger charge is -2.42. The highest BCUT2D eigenvalue weighted by Crippen LogP contribution is 2.30. The molecule has 0 aromatic heterocycles. The quantitative estimate of drug-likeness (QED) is 0.688. The molecular weight excluding hydrogens is 410 g/mol. The summed E-state index contributed by atoms with van der Waals surface area (Å²) in [4.78, 5) is 34.2. The van der Waals surface area contributed by atoms with Crippen molar-refractivity contribution in [1.29, 1.82) is 0 Å². The molecule has 4 aliphatic rings. The minimum atomic E-state index is -0.442. The number of rotatable bonds is 5. The van der Waals surface area contributed by atoms with Gasteiger partial charge in [0.2, 0.25) is 0 Å². The summed E-state index contributed by atoms with van der Waals surface area (Å²) >= 11 is 0. The second kappa shape index (κ2) is 8.78. The van der Waals surface area contributed by atoms with Gasteiger partial charge in [0.1, 0.15) is 12.2 Å². The zero-order valence-corrected chi connectivity index (χ0v) is 18.7. The van der Waals surface area contributed by atoms with Crippen LogP contribution in [0.2, 0.25) is 0 Å². The van der Waals surface area contributed by atoms with Gasteiger partial charge in [-0.3, -0.25) is 24.9 Å². The predicted octanol–water partition coefficient (Wildman–Crippen LogP) is -0.0122. The molecule has 32 heavy (non-hydrogen) atoms. The van der Waals surface area contributed by atoms with Crippen LogP contribution in [0.25, 0.3) is 0 Å².